The molecule has 5 rings (SSSR count). The van der Waals surface area contributed by atoms with Gasteiger partial charge in [-0.3, -0.25) is 5.01 Å². The first-order valence-corrected chi connectivity index (χ1v) is 11.2. The normalized spacial score (nSPS) is 20.5. The van der Waals surface area contributed by atoms with Gasteiger partial charge >= 0.3 is 0 Å². The minimum atomic E-state index is -0.0297. The highest BCUT2D eigenvalue weighted by Crippen LogP contribution is 2.48. The van der Waals surface area contributed by atoms with Crippen LogP contribution in [0.25, 0.3) is 10.8 Å². The Morgan fingerprint density at radius 3 is 2.71 bits per heavy atom. The number of rotatable bonds is 3. The summed E-state index contributed by atoms with van der Waals surface area (Å²) in [5.41, 5.74) is 3.51. The van der Waals surface area contributed by atoms with Gasteiger partial charge < -0.3 is 4.74 Å². The molecule has 5 heteroatoms. The zero-order valence-electron chi connectivity index (χ0n) is 15.5. The van der Waals surface area contributed by atoms with Crippen molar-refractivity contribution < 1.29 is 4.74 Å². The van der Waals surface area contributed by atoms with E-state index in [-0.39, 0.29) is 12.3 Å². The largest absolute Gasteiger partial charge is 0.468 e. The lowest BCUT2D eigenvalue weighted by molar-refractivity contribution is -0.0229. The van der Waals surface area contributed by atoms with Crippen molar-refractivity contribution in [2.45, 2.75) is 38.5 Å². The quantitative estimate of drug-likeness (QED) is 0.386. The number of hydrazone groups is 1. The molecule has 0 saturated carbocycles. The number of benzene rings is 3. The molecule has 0 spiro atoms. The van der Waals surface area contributed by atoms with E-state index in [4.69, 9.17) is 9.84 Å². The van der Waals surface area contributed by atoms with E-state index in [1.54, 1.807) is 0 Å². The van der Waals surface area contributed by atoms with Crippen LogP contribution in [0.4, 0.5) is 0 Å². The highest BCUT2D eigenvalue weighted by molar-refractivity contribution is 9.11. The van der Waals surface area contributed by atoms with Gasteiger partial charge in [0.2, 0.25) is 0 Å². The summed E-state index contributed by atoms with van der Waals surface area (Å²) in [5, 5.41) is 9.72. The lowest BCUT2D eigenvalue weighted by Crippen LogP contribution is -2.40. The minimum absolute atomic E-state index is 0.0297. The first-order chi connectivity index (χ1) is 13.6. The summed E-state index contributed by atoms with van der Waals surface area (Å²) >= 11 is 7.31. The number of fused-ring (bicyclic) bond motifs is 4. The number of ether oxygens (including phenoxy) is 1. The SMILES string of the molecule is CCC[C@@H]1Oc2c(Br)cc(Br)cc2[C@@H]2CC(c3ccc4ccccc4c3)=NN12. The van der Waals surface area contributed by atoms with Crippen molar-refractivity contribution in [3.63, 3.8) is 0 Å². The summed E-state index contributed by atoms with van der Waals surface area (Å²) in [6.07, 6.45) is 2.86. The van der Waals surface area contributed by atoms with Gasteiger partial charge in [-0.1, -0.05) is 65.7 Å². The van der Waals surface area contributed by atoms with E-state index in [1.807, 2.05) is 0 Å². The molecular formula is C23H20Br2N2O. The number of hydrogen-bond acceptors (Lipinski definition) is 3. The molecule has 3 aromatic rings. The van der Waals surface area contributed by atoms with Gasteiger partial charge in [0.15, 0.2) is 6.23 Å². The Morgan fingerprint density at radius 1 is 1.07 bits per heavy atom. The van der Waals surface area contributed by atoms with Crippen LogP contribution >= 0.6 is 31.9 Å². The third kappa shape index (κ3) is 3.05. The van der Waals surface area contributed by atoms with Crippen LogP contribution in [0.5, 0.6) is 5.75 Å². The van der Waals surface area contributed by atoms with Crippen LogP contribution in [-0.2, 0) is 0 Å². The molecule has 3 aromatic carbocycles. The average molecular weight is 500 g/mol. The van der Waals surface area contributed by atoms with Gasteiger partial charge in [0.05, 0.1) is 16.2 Å². The number of halogens is 2. The van der Waals surface area contributed by atoms with Crippen molar-refractivity contribution in [3.05, 3.63) is 74.7 Å². The maximum Gasteiger partial charge on any atom is 0.187 e. The number of nitrogens with zero attached hydrogens (tertiary/aromatic N) is 2. The van der Waals surface area contributed by atoms with E-state index in [0.29, 0.717) is 0 Å². The summed E-state index contributed by atoms with van der Waals surface area (Å²) in [6.45, 7) is 2.19. The molecule has 0 fully saturated rings. The standard InChI is InChI=1S/C23H20Br2N2O/c1-2-5-22-27-21(18-11-17(24)12-19(25)23(18)28-22)13-20(26-27)16-9-8-14-6-3-4-7-15(14)10-16/h3-4,6-12,21-22H,2,5,13H2,1H3/t21-,22-/m0/s1. The topological polar surface area (TPSA) is 24.8 Å². The molecule has 142 valence electrons. The highest BCUT2D eigenvalue weighted by Gasteiger charge is 2.40. The Bertz CT molecular complexity index is 1100. The second kappa shape index (κ2) is 7.20. The molecule has 28 heavy (non-hydrogen) atoms. The Hall–Kier alpha value is -1.85. The predicted octanol–water partition coefficient (Wildman–Crippen LogP) is 7.03. The molecule has 0 aromatic heterocycles. The average Bonchev–Trinajstić information content (AvgIpc) is 3.15. The predicted molar refractivity (Wildman–Crippen MR) is 121 cm³/mol. The van der Waals surface area contributed by atoms with Gasteiger partial charge in [0, 0.05) is 22.9 Å². The maximum absolute atomic E-state index is 6.38. The van der Waals surface area contributed by atoms with Crippen LogP contribution in [0.1, 0.15) is 43.4 Å². The third-order valence-electron chi connectivity index (χ3n) is 5.51. The van der Waals surface area contributed by atoms with Crippen molar-refractivity contribution in [3.8, 4) is 5.75 Å². The maximum atomic E-state index is 6.38. The van der Waals surface area contributed by atoms with Gasteiger partial charge in [-0.15, -0.1) is 0 Å². The minimum Gasteiger partial charge on any atom is -0.468 e. The fourth-order valence-corrected chi connectivity index (χ4v) is 5.52. The second-order valence-electron chi connectivity index (χ2n) is 7.38. The molecule has 2 aliphatic heterocycles. The molecule has 0 amide bonds. The van der Waals surface area contributed by atoms with E-state index in [9.17, 15) is 0 Å². The summed E-state index contributed by atoms with van der Waals surface area (Å²) < 4.78 is 8.43. The van der Waals surface area contributed by atoms with Gasteiger partial charge in [-0.2, -0.15) is 5.10 Å². The first kappa shape index (κ1) is 18.2. The summed E-state index contributed by atoms with van der Waals surface area (Å²) in [4.78, 5) is 0. The van der Waals surface area contributed by atoms with Gasteiger partial charge in [-0.25, -0.2) is 0 Å². The van der Waals surface area contributed by atoms with Gasteiger partial charge in [0.25, 0.3) is 0 Å². The Kier molecular flexibility index (Phi) is 4.68. The molecule has 2 atom stereocenters. The molecule has 0 bridgehead atoms. The molecular weight excluding hydrogens is 480 g/mol. The van der Waals surface area contributed by atoms with Crippen LogP contribution in [0.2, 0.25) is 0 Å². The van der Waals surface area contributed by atoms with Crippen LogP contribution in [0, 0.1) is 0 Å². The molecule has 0 N–H and O–H groups in total. The monoisotopic (exact) mass is 498 g/mol. The molecule has 0 radical (unpaired) electrons. The van der Waals surface area contributed by atoms with Crippen LogP contribution < -0.4 is 4.74 Å². The first-order valence-electron chi connectivity index (χ1n) is 9.64. The fraction of sp³-hybridized carbons (Fsp3) is 0.261. The Balaban J connectivity index is 1.57. The van der Waals surface area contributed by atoms with E-state index >= 15 is 0 Å². The Labute approximate surface area is 181 Å². The zero-order chi connectivity index (χ0) is 19.3. The van der Waals surface area contributed by atoms with Crippen molar-refractivity contribution in [2.24, 2.45) is 5.10 Å². The van der Waals surface area contributed by atoms with Gasteiger partial charge in [-0.05, 0) is 50.5 Å². The van der Waals surface area contributed by atoms with Crippen molar-refractivity contribution in [2.75, 3.05) is 0 Å². The van der Waals surface area contributed by atoms with E-state index in [2.05, 4.69) is 98.4 Å². The molecule has 3 nitrogen and oxygen atoms in total. The fourth-order valence-electron chi connectivity index (χ4n) is 4.17. The lowest BCUT2D eigenvalue weighted by atomic mass is 9.95. The van der Waals surface area contributed by atoms with Crippen LogP contribution in [-0.4, -0.2) is 16.9 Å². The molecule has 0 aliphatic carbocycles. The van der Waals surface area contributed by atoms with Crippen molar-refractivity contribution in [1.82, 2.24) is 5.01 Å². The molecule has 2 aliphatic rings. The molecule has 0 saturated heterocycles. The van der Waals surface area contributed by atoms with E-state index < -0.39 is 0 Å². The van der Waals surface area contributed by atoms with Crippen molar-refractivity contribution in [1.29, 1.82) is 0 Å². The highest BCUT2D eigenvalue weighted by atomic mass is 79.9. The Morgan fingerprint density at radius 2 is 1.89 bits per heavy atom. The van der Waals surface area contributed by atoms with E-state index in [0.717, 1.165) is 39.7 Å². The molecule has 2 heterocycles. The molecule has 0 unspecified atom stereocenters. The van der Waals surface area contributed by atoms with E-state index in [1.165, 1.54) is 21.9 Å². The summed E-state index contributed by atoms with van der Waals surface area (Å²) in [6, 6.07) is 19.5. The third-order valence-corrected chi connectivity index (χ3v) is 6.55. The number of hydrogen-bond donors (Lipinski definition) is 0. The zero-order valence-corrected chi connectivity index (χ0v) is 18.7. The van der Waals surface area contributed by atoms with Crippen LogP contribution in [0.3, 0.4) is 0 Å². The lowest BCUT2D eigenvalue weighted by Gasteiger charge is -2.38. The summed E-state index contributed by atoms with van der Waals surface area (Å²) in [7, 11) is 0. The smallest absolute Gasteiger partial charge is 0.187 e. The van der Waals surface area contributed by atoms with Gasteiger partial charge in [0.1, 0.15) is 5.75 Å². The summed E-state index contributed by atoms with van der Waals surface area (Å²) in [5.74, 6) is 0.956. The van der Waals surface area contributed by atoms with Crippen molar-refractivity contribution >= 4 is 48.3 Å². The second-order valence-corrected chi connectivity index (χ2v) is 9.15. The van der Waals surface area contributed by atoms with Crippen LogP contribution in [0.15, 0.2) is 68.6 Å².